The average Bonchev–Trinajstić information content (AvgIpc) is 3.62. The molecule has 1 fully saturated rings. The van der Waals surface area contributed by atoms with Crippen molar-refractivity contribution in [2.45, 2.75) is 56.0 Å². The van der Waals surface area contributed by atoms with Crippen LogP contribution in [0.15, 0.2) is 53.1 Å². The van der Waals surface area contributed by atoms with Crippen LogP contribution in [0.2, 0.25) is 0 Å². The molecule has 4 aromatic rings. The summed E-state index contributed by atoms with van der Waals surface area (Å²) in [6.45, 7) is 0. The number of carboxylic acids is 1. The minimum Gasteiger partial charge on any atom is -0.487 e. The van der Waals surface area contributed by atoms with Gasteiger partial charge in [0, 0.05) is 24.4 Å². The van der Waals surface area contributed by atoms with Gasteiger partial charge in [0.2, 0.25) is 5.89 Å². The predicted molar refractivity (Wildman–Crippen MR) is 136 cm³/mol. The van der Waals surface area contributed by atoms with Crippen LogP contribution in [-0.2, 0) is 22.8 Å². The van der Waals surface area contributed by atoms with Gasteiger partial charge in [0.05, 0.1) is 17.1 Å². The molecule has 1 aromatic carbocycles. The van der Waals surface area contributed by atoms with Crippen molar-refractivity contribution in [1.29, 1.82) is 5.41 Å². The van der Waals surface area contributed by atoms with Crippen LogP contribution in [0.4, 0.5) is 42.4 Å². The molecule has 5 rings (SSSR count). The van der Waals surface area contributed by atoms with E-state index in [1.165, 1.54) is 6.07 Å². The van der Waals surface area contributed by atoms with E-state index in [-0.39, 0.29) is 5.68 Å². The Kier molecular flexibility index (Phi) is 9.29. The zero-order chi connectivity index (χ0) is 32.1. The molecule has 3 heterocycles. The molecule has 0 bridgehead atoms. The molecule has 0 saturated heterocycles. The Labute approximate surface area is 243 Å². The summed E-state index contributed by atoms with van der Waals surface area (Å²) < 4.78 is 96.7. The van der Waals surface area contributed by atoms with Gasteiger partial charge in [0.25, 0.3) is 0 Å². The number of hydrogen-bond donors (Lipinski definition) is 5. The third kappa shape index (κ3) is 7.93. The lowest BCUT2D eigenvalue weighted by molar-refractivity contribution is -0.192. The Morgan fingerprint density at radius 1 is 1.07 bits per heavy atom. The number of alkyl halides is 6. The molecule has 44 heavy (non-hydrogen) atoms. The fourth-order valence-electron chi connectivity index (χ4n) is 4.65. The third-order valence-electron chi connectivity index (χ3n) is 6.69. The first-order valence-corrected chi connectivity index (χ1v) is 12.8. The summed E-state index contributed by atoms with van der Waals surface area (Å²) in [5.41, 5.74) is -1.45. The van der Waals surface area contributed by atoms with Gasteiger partial charge in [0.15, 0.2) is 17.4 Å². The quantitative estimate of drug-likeness (QED) is 0.164. The van der Waals surface area contributed by atoms with Gasteiger partial charge in [-0.1, -0.05) is 12.1 Å². The Hall–Kier alpha value is -4.90. The minimum absolute atomic E-state index is 0.194. The van der Waals surface area contributed by atoms with Gasteiger partial charge < -0.3 is 19.6 Å². The number of carboxylic acid groups (broad SMARTS) is 1. The maximum absolute atomic E-state index is 14.5. The summed E-state index contributed by atoms with van der Waals surface area (Å²) in [5.74, 6) is -3.06. The van der Waals surface area contributed by atoms with E-state index >= 15 is 0 Å². The van der Waals surface area contributed by atoms with Crippen molar-refractivity contribution in [1.82, 2.24) is 25.4 Å². The number of aliphatic carboxylic acids is 1. The fraction of sp³-hybridized carbons (Fsp3) is 0.346. The number of ether oxygens (including phenoxy) is 1. The van der Waals surface area contributed by atoms with Crippen molar-refractivity contribution in [3.05, 3.63) is 77.3 Å². The van der Waals surface area contributed by atoms with Gasteiger partial charge in [-0.2, -0.15) is 31.4 Å². The molecule has 5 N–H and O–H groups in total. The molecule has 0 spiro atoms. The number of nitrogens with one attached hydrogen (secondary N) is 4. The maximum Gasteiger partial charge on any atom is 0.490 e. The Morgan fingerprint density at radius 3 is 2.32 bits per heavy atom. The number of anilines is 2. The molecule has 1 saturated carbocycles. The van der Waals surface area contributed by atoms with Crippen LogP contribution in [-0.4, -0.2) is 48.7 Å². The van der Waals surface area contributed by atoms with E-state index in [1.54, 1.807) is 18.3 Å². The number of rotatable bonds is 7. The van der Waals surface area contributed by atoms with E-state index in [9.17, 15) is 30.7 Å². The van der Waals surface area contributed by atoms with Crippen molar-refractivity contribution >= 4 is 17.6 Å². The number of pyridine rings is 1. The van der Waals surface area contributed by atoms with Crippen LogP contribution in [0.1, 0.15) is 42.8 Å². The molecule has 3 aromatic heterocycles. The van der Waals surface area contributed by atoms with E-state index in [2.05, 4.69) is 30.7 Å². The highest BCUT2D eigenvalue weighted by molar-refractivity contribution is 5.73. The molecule has 236 valence electrons. The summed E-state index contributed by atoms with van der Waals surface area (Å²) in [5, 5.41) is 31.5. The van der Waals surface area contributed by atoms with E-state index in [4.69, 9.17) is 24.5 Å². The van der Waals surface area contributed by atoms with Gasteiger partial charge in [-0.25, -0.2) is 24.7 Å². The van der Waals surface area contributed by atoms with Gasteiger partial charge >= 0.3 is 24.0 Å². The van der Waals surface area contributed by atoms with Gasteiger partial charge in [0.1, 0.15) is 5.82 Å². The molecule has 0 amide bonds. The molecule has 18 heteroatoms. The monoisotopic (exact) mass is 631 g/mol. The standard InChI is InChI=1S/C24H23F4N7O2.C2HF3O2/c25-20-16(24(26,27)28)4-2-5-17(20)36-15-7-10-23(11-8-15,21-34-35-22(29)37-21)13-14-3-1-6-18(31-14)32-19-9-12-30-33-19;3-2(4,5)1(6)7/h1-6,9,12,15H,7-8,10-11,13H2,(H2,29,35)(H2,30,31,32,33);(H,6,7)/t15-,23+;. The first-order valence-electron chi connectivity index (χ1n) is 12.8. The van der Waals surface area contributed by atoms with Crippen molar-refractivity contribution in [2.75, 3.05) is 5.32 Å². The van der Waals surface area contributed by atoms with E-state index in [0.717, 1.165) is 11.8 Å². The van der Waals surface area contributed by atoms with Gasteiger partial charge in [-0.05, 0) is 49.9 Å². The second-order valence-electron chi connectivity index (χ2n) is 9.75. The zero-order valence-electron chi connectivity index (χ0n) is 22.4. The molecule has 0 aliphatic heterocycles. The Bertz CT molecular complexity index is 1610. The number of hydrogen-bond acceptors (Lipinski definition) is 8. The summed E-state index contributed by atoms with van der Waals surface area (Å²) >= 11 is 0. The highest BCUT2D eigenvalue weighted by atomic mass is 19.4. The second kappa shape index (κ2) is 12.8. The Balaban J connectivity index is 0.000000566. The first-order chi connectivity index (χ1) is 20.7. The van der Waals surface area contributed by atoms with E-state index < -0.39 is 47.0 Å². The molecule has 0 radical (unpaired) electrons. The molecule has 11 nitrogen and oxygen atoms in total. The topological polar surface area (TPSA) is 166 Å². The number of nitrogens with zero attached hydrogens (tertiary/aromatic N) is 3. The number of carbonyl (C=O) groups is 1. The lowest BCUT2D eigenvalue weighted by Crippen LogP contribution is -2.38. The lowest BCUT2D eigenvalue weighted by Gasteiger charge is -2.37. The number of benzene rings is 1. The van der Waals surface area contributed by atoms with Crippen LogP contribution in [0.5, 0.6) is 5.75 Å². The number of aromatic nitrogens is 5. The average molecular weight is 632 g/mol. The first kappa shape index (κ1) is 32.0. The van der Waals surface area contributed by atoms with Crippen molar-refractivity contribution < 1.29 is 49.8 Å². The normalized spacial score (nSPS) is 18.7. The van der Waals surface area contributed by atoms with Crippen LogP contribution < -0.4 is 15.7 Å². The highest BCUT2D eigenvalue weighted by Crippen LogP contribution is 2.43. The fourth-order valence-corrected chi connectivity index (χ4v) is 4.65. The SMILES string of the molecule is N=c1[nH]nc([C@]2(Cc3cccc(Nc4cc[nH]n4)n3)CC[C@H](Oc3cccc(C(F)(F)F)c3F)CC2)o1.O=C(O)C(F)(F)F. The summed E-state index contributed by atoms with van der Waals surface area (Å²) in [4.78, 5) is 13.6. The lowest BCUT2D eigenvalue weighted by atomic mass is 9.70. The zero-order valence-corrected chi connectivity index (χ0v) is 22.4. The Morgan fingerprint density at radius 2 is 1.75 bits per heavy atom. The molecule has 1 aliphatic rings. The second-order valence-corrected chi connectivity index (χ2v) is 9.75. The largest absolute Gasteiger partial charge is 0.490 e. The van der Waals surface area contributed by atoms with E-state index in [1.807, 2.05) is 12.1 Å². The molecular formula is C26H24F7N7O4. The summed E-state index contributed by atoms with van der Waals surface area (Å²) in [6.07, 6.45) is -6.50. The molecule has 1 aliphatic carbocycles. The predicted octanol–water partition coefficient (Wildman–Crippen LogP) is 5.64. The molecule has 0 unspecified atom stereocenters. The van der Waals surface area contributed by atoms with Crippen LogP contribution in [0.3, 0.4) is 0 Å². The van der Waals surface area contributed by atoms with Gasteiger partial charge in [-0.15, -0.1) is 5.10 Å². The summed E-state index contributed by atoms with van der Waals surface area (Å²) in [6, 6.07) is 10.3. The molecular weight excluding hydrogens is 607 g/mol. The highest BCUT2D eigenvalue weighted by Gasteiger charge is 2.43. The maximum atomic E-state index is 14.5. The number of H-pyrrole nitrogens is 2. The number of halogens is 7. The van der Waals surface area contributed by atoms with Crippen LogP contribution in [0, 0.1) is 11.2 Å². The van der Waals surface area contributed by atoms with Crippen molar-refractivity contribution in [3.8, 4) is 5.75 Å². The van der Waals surface area contributed by atoms with Crippen molar-refractivity contribution in [3.63, 3.8) is 0 Å². The van der Waals surface area contributed by atoms with E-state index in [0.29, 0.717) is 55.7 Å². The summed E-state index contributed by atoms with van der Waals surface area (Å²) in [7, 11) is 0. The minimum atomic E-state index is -5.08. The number of aromatic amines is 2. The van der Waals surface area contributed by atoms with Crippen molar-refractivity contribution in [2.24, 2.45) is 0 Å². The smallest absolute Gasteiger partial charge is 0.487 e. The van der Waals surface area contributed by atoms with Crippen LogP contribution >= 0.6 is 0 Å². The van der Waals surface area contributed by atoms with Gasteiger partial charge in [-0.3, -0.25) is 5.10 Å². The third-order valence-corrected chi connectivity index (χ3v) is 6.69. The molecule has 0 atom stereocenters. The van der Waals surface area contributed by atoms with Crippen LogP contribution in [0.25, 0.3) is 0 Å².